The molecule has 1 aliphatic rings. The first-order valence-electron chi connectivity index (χ1n) is 5.51. The molecule has 0 radical (unpaired) electrons. The Morgan fingerprint density at radius 1 is 1.47 bits per heavy atom. The van der Waals surface area contributed by atoms with Gasteiger partial charge < -0.3 is 15.2 Å². The highest BCUT2D eigenvalue weighted by molar-refractivity contribution is 6.40. The molecule has 0 spiro atoms. The highest BCUT2D eigenvalue weighted by Gasteiger charge is 2.53. The van der Waals surface area contributed by atoms with Crippen molar-refractivity contribution in [3.63, 3.8) is 0 Å². The van der Waals surface area contributed by atoms with Crippen molar-refractivity contribution >= 4 is 40.6 Å². The van der Waals surface area contributed by atoms with Gasteiger partial charge >= 0.3 is 5.97 Å². The molecule has 2 N–H and O–H groups in total. The lowest BCUT2D eigenvalue weighted by atomic mass is 9.97. The summed E-state index contributed by atoms with van der Waals surface area (Å²) >= 11 is 11.8. The lowest BCUT2D eigenvalue weighted by Crippen LogP contribution is -2.46. The average Bonchev–Trinajstić information content (AvgIpc) is 2.62. The zero-order chi connectivity index (χ0) is 14.4. The fourth-order valence-corrected chi connectivity index (χ4v) is 2.35. The number of Topliss-reactive ketones (excluding diaryl/α,β-unsaturated/α-hetero) is 1. The van der Waals surface area contributed by atoms with E-state index in [9.17, 15) is 9.59 Å². The quantitative estimate of drug-likeness (QED) is 0.516. The van der Waals surface area contributed by atoms with Crippen LogP contribution in [0.15, 0.2) is 6.07 Å². The van der Waals surface area contributed by atoms with E-state index in [0.29, 0.717) is 0 Å². The van der Waals surface area contributed by atoms with Gasteiger partial charge in [0.15, 0.2) is 5.75 Å². The molecule has 1 aliphatic heterocycles. The molecule has 5 nitrogen and oxygen atoms in total. The van der Waals surface area contributed by atoms with Crippen molar-refractivity contribution < 1.29 is 19.1 Å². The van der Waals surface area contributed by atoms with E-state index in [4.69, 9.17) is 38.4 Å². The second-order valence-corrected chi connectivity index (χ2v) is 4.96. The molecule has 0 fully saturated rings. The van der Waals surface area contributed by atoms with Crippen LogP contribution in [-0.2, 0) is 9.53 Å². The maximum Gasteiger partial charge on any atom is 0.358 e. The van der Waals surface area contributed by atoms with Gasteiger partial charge in [0, 0.05) is 0 Å². The van der Waals surface area contributed by atoms with Crippen LogP contribution < -0.4 is 10.5 Å². The Hall–Kier alpha value is -1.46. The number of benzene rings is 1. The molecule has 7 heteroatoms. The molecule has 1 heterocycles. The first-order chi connectivity index (χ1) is 8.82. The highest BCUT2D eigenvalue weighted by Crippen LogP contribution is 2.46. The van der Waals surface area contributed by atoms with Crippen LogP contribution in [0.4, 0.5) is 5.69 Å². The van der Waals surface area contributed by atoms with Crippen molar-refractivity contribution in [3.8, 4) is 5.75 Å². The Labute approximate surface area is 119 Å². The van der Waals surface area contributed by atoms with Crippen molar-refractivity contribution in [2.75, 3.05) is 12.3 Å². The molecule has 0 aliphatic carbocycles. The molecule has 0 aromatic heterocycles. The highest BCUT2D eigenvalue weighted by atomic mass is 35.5. The van der Waals surface area contributed by atoms with E-state index in [1.165, 1.54) is 13.0 Å². The number of carbonyl (C=O) groups is 2. The number of ketones is 1. The number of nitrogens with two attached hydrogens (primary N) is 1. The Morgan fingerprint density at radius 3 is 2.68 bits per heavy atom. The topological polar surface area (TPSA) is 78.6 Å². The van der Waals surface area contributed by atoms with E-state index in [1.807, 2.05) is 0 Å². The molecular formula is C12H11Cl2NO4. The van der Waals surface area contributed by atoms with Crippen molar-refractivity contribution in [3.05, 3.63) is 21.7 Å². The predicted octanol–water partition coefficient (Wildman–Crippen LogP) is 2.47. The van der Waals surface area contributed by atoms with Crippen molar-refractivity contribution in [2.24, 2.45) is 0 Å². The molecule has 1 aromatic carbocycles. The number of carbonyl (C=O) groups excluding carboxylic acids is 2. The Morgan fingerprint density at radius 2 is 2.11 bits per heavy atom. The third kappa shape index (κ3) is 1.93. The molecule has 102 valence electrons. The maximum atomic E-state index is 12.3. The summed E-state index contributed by atoms with van der Waals surface area (Å²) in [5, 5.41) is 0.247. The van der Waals surface area contributed by atoms with Crippen molar-refractivity contribution in [1.82, 2.24) is 0 Å². The summed E-state index contributed by atoms with van der Waals surface area (Å²) in [4.78, 5) is 24.2. The monoisotopic (exact) mass is 303 g/mol. The average molecular weight is 304 g/mol. The number of rotatable bonds is 2. The van der Waals surface area contributed by atoms with Crippen LogP contribution in [0.2, 0.25) is 10.0 Å². The molecule has 0 amide bonds. The summed E-state index contributed by atoms with van der Waals surface area (Å²) in [5.74, 6) is -1.35. The number of nitrogen functional groups attached to an aromatic ring is 1. The van der Waals surface area contributed by atoms with Crippen LogP contribution in [0, 0.1) is 0 Å². The lowest BCUT2D eigenvalue weighted by molar-refractivity contribution is -0.155. The third-order valence-electron chi connectivity index (χ3n) is 2.85. The summed E-state index contributed by atoms with van der Waals surface area (Å²) < 4.78 is 10.2. The number of halogens is 2. The number of hydrogen-bond acceptors (Lipinski definition) is 5. The first kappa shape index (κ1) is 14.0. The summed E-state index contributed by atoms with van der Waals surface area (Å²) in [6.45, 7) is 3.08. The molecule has 0 unspecified atom stereocenters. The first-order valence-corrected chi connectivity index (χ1v) is 6.27. The fraction of sp³-hybridized carbons (Fsp3) is 0.333. The van der Waals surface area contributed by atoms with E-state index in [0.717, 1.165) is 0 Å². The Balaban J connectivity index is 2.56. The van der Waals surface area contributed by atoms with Crippen molar-refractivity contribution in [2.45, 2.75) is 19.4 Å². The van der Waals surface area contributed by atoms with Crippen LogP contribution in [0.1, 0.15) is 24.2 Å². The van der Waals surface area contributed by atoms with Crippen LogP contribution in [0.5, 0.6) is 5.75 Å². The van der Waals surface area contributed by atoms with Crippen molar-refractivity contribution in [1.29, 1.82) is 0 Å². The summed E-state index contributed by atoms with van der Waals surface area (Å²) in [6.07, 6.45) is 0. The van der Waals surface area contributed by atoms with E-state index in [-0.39, 0.29) is 33.7 Å². The lowest BCUT2D eigenvalue weighted by Gasteiger charge is -2.19. The van der Waals surface area contributed by atoms with Crippen LogP contribution in [-0.4, -0.2) is 24.0 Å². The molecule has 0 bridgehead atoms. The molecular weight excluding hydrogens is 293 g/mol. The minimum Gasteiger partial charge on any atom is -0.464 e. The molecule has 0 saturated heterocycles. The van der Waals surface area contributed by atoms with Gasteiger partial charge in [-0.1, -0.05) is 23.2 Å². The second-order valence-electron chi connectivity index (χ2n) is 4.14. The second kappa shape index (κ2) is 4.58. The standard InChI is InChI=1S/C12H11Cl2NO4/c1-3-18-11(17)12(2)10(16)7-5(13)4-6(14)8(15)9(7)19-12/h4H,3,15H2,1-2H3/t12-/m0/s1. The summed E-state index contributed by atoms with van der Waals surface area (Å²) in [7, 11) is 0. The SMILES string of the molecule is CCOC(=O)[C@@]1(C)Oc2c(N)c(Cl)cc(Cl)c2C1=O. The maximum absolute atomic E-state index is 12.3. The number of esters is 1. The smallest absolute Gasteiger partial charge is 0.358 e. The minimum atomic E-state index is -1.78. The number of fused-ring (bicyclic) bond motifs is 1. The molecule has 0 saturated carbocycles. The van der Waals surface area contributed by atoms with Gasteiger partial charge in [0.05, 0.1) is 27.9 Å². The normalized spacial score (nSPS) is 20.9. The van der Waals surface area contributed by atoms with Crippen LogP contribution in [0.3, 0.4) is 0 Å². The van der Waals surface area contributed by atoms with Gasteiger partial charge in [-0.15, -0.1) is 0 Å². The number of ether oxygens (including phenoxy) is 2. The summed E-state index contributed by atoms with van der Waals surface area (Å²) in [6, 6.07) is 1.34. The van der Waals surface area contributed by atoms with Gasteiger partial charge in [-0.3, -0.25) is 4.79 Å². The van der Waals surface area contributed by atoms with E-state index < -0.39 is 17.4 Å². The Bertz CT molecular complexity index is 588. The van der Waals surface area contributed by atoms with E-state index >= 15 is 0 Å². The molecule has 1 aromatic rings. The molecule has 1 atom stereocenters. The number of anilines is 1. The fourth-order valence-electron chi connectivity index (χ4n) is 1.82. The minimum absolute atomic E-state index is 0.0260. The van der Waals surface area contributed by atoms with Gasteiger partial charge in [0.25, 0.3) is 5.60 Å². The Kier molecular flexibility index (Phi) is 3.36. The predicted molar refractivity (Wildman–Crippen MR) is 70.9 cm³/mol. The zero-order valence-corrected chi connectivity index (χ0v) is 11.8. The van der Waals surface area contributed by atoms with Gasteiger partial charge in [-0.05, 0) is 19.9 Å². The van der Waals surface area contributed by atoms with E-state index in [2.05, 4.69) is 0 Å². The van der Waals surface area contributed by atoms with Gasteiger partial charge in [0.2, 0.25) is 5.78 Å². The zero-order valence-electron chi connectivity index (χ0n) is 10.3. The molecule has 2 rings (SSSR count). The van der Waals surface area contributed by atoms with E-state index in [1.54, 1.807) is 6.92 Å². The summed E-state index contributed by atoms with van der Waals surface area (Å²) in [5.41, 5.74) is 4.09. The largest absolute Gasteiger partial charge is 0.464 e. The van der Waals surface area contributed by atoms with Gasteiger partial charge in [-0.2, -0.15) is 0 Å². The van der Waals surface area contributed by atoms with Gasteiger partial charge in [0.1, 0.15) is 0 Å². The van der Waals surface area contributed by atoms with Crippen LogP contribution in [0.25, 0.3) is 0 Å². The third-order valence-corrected chi connectivity index (χ3v) is 3.46. The molecule has 19 heavy (non-hydrogen) atoms. The van der Waals surface area contributed by atoms with Gasteiger partial charge in [-0.25, -0.2) is 4.79 Å². The number of hydrogen-bond donors (Lipinski definition) is 1. The van der Waals surface area contributed by atoms with Crippen LogP contribution >= 0.6 is 23.2 Å².